The van der Waals surface area contributed by atoms with Gasteiger partial charge in [0, 0.05) is 18.4 Å². The van der Waals surface area contributed by atoms with Crippen molar-refractivity contribution < 1.29 is 23.9 Å². The summed E-state index contributed by atoms with van der Waals surface area (Å²) in [4.78, 5) is 37.2. The minimum atomic E-state index is -0.554. The summed E-state index contributed by atoms with van der Waals surface area (Å²) in [6, 6.07) is 12.1. The van der Waals surface area contributed by atoms with Crippen LogP contribution in [0.5, 0.6) is 5.75 Å². The van der Waals surface area contributed by atoms with Gasteiger partial charge in [0.15, 0.2) is 5.78 Å². The molecular formula is C25H31NO5. The van der Waals surface area contributed by atoms with Crippen LogP contribution in [0.4, 0.5) is 0 Å². The fourth-order valence-corrected chi connectivity index (χ4v) is 3.12. The summed E-state index contributed by atoms with van der Waals surface area (Å²) in [5.74, 6) is -0.103. The minimum Gasteiger partial charge on any atom is -0.497 e. The van der Waals surface area contributed by atoms with Crippen LogP contribution in [0.3, 0.4) is 0 Å². The Kier molecular flexibility index (Phi) is 8.79. The summed E-state index contributed by atoms with van der Waals surface area (Å²) in [6.07, 6.45) is -0.102. The zero-order chi connectivity index (χ0) is 23.0. The third-order valence-electron chi connectivity index (χ3n) is 5.00. The van der Waals surface area contributed by atoms with E-state index in [1.165, 1.54) is 0 Å². The van der Waals surface area contributed by atoms with Crippen molar-refractivity contribution in [3.63, 3.8) is 0 Å². The molecule has 2 aromatic carbocycles. The molecule has 2 aromatic rings. The number of carbonyl (C=O) groups is 3. The zero-order valence-corrected chi connectivity index (χ0v) is 18.9. The topological polar surface area (TPSA) is 81.7 Å². The molecule has 166 valence electrons. The van der Waals surface area contributed by atoms with E-state index in [2.05, 4.69) is 5.32 Å². The van der Waals surface area contributed by atoms with Crippen molar-refractivity contribution in [3.8, 4) is 5.75 Å². The van der Waals surface area contributed by atoms with E-state index in [9.17, 15) is 14.4 Å². The zero-order valence-electron chi connectivity index (χ0n) is 18.9. The minimum absolute atomic E-state index is 0.00134. The number of carbonyl (C=O) groups excluding carboxylic acids is 3. The van der Waals surface area contributed by atoms with Gasteiger partial charge < -0.3 is 14.8 Å². The Morgan fingerprint density at radius 1 is 0.935 bits per heavy atom. The summed E-state index contributed by atoms with van der Waals surface area (Å²) < 4.78 is 10.4. The van der Waals surface area contributed by atoms with E-state index in [1.807, 2.05) is 26.0 Å². The molecule has 0 aromatic heterocycles. The molecule has 0 saturated carbocycles. The average molecular weight is 426 g/mol. The number of hydrogen-bond donors (Lipinski definition) is 1. The Balaban J connectivity index is 2.03. The largest absolute Gasteiger partial charge is 0.497 e. The lowest BCUT2D eigenvalue weighted by atomic mass is 10.0. The second-order valence-corrected chi connectivity index (χ2v) is 7.86. The van der Waals surface area contributed by atoms with Crippen LogP contribution in [0, 0.1) is 13.8 Å². The lowest BCUT2D eigenvalue weighted by molar-refractivity contribution is -0.148. The van der Waals surface area contributed by atoms with Crippen molar-refractivity contribution >= 4 is 17.7 Å². The molecule has 0 saturated heterocycles. The fraction of sp³-hybridized carbons (Fsp3) is 0.400. The summed E-state index contributed by atoms with van der Waals surface area (Å²) in [5, 5.41) is 2.87. The van der Waals surface area contributed by atoms with E-state index >= 15 is 0 Å². The van der Waals surface area contributed by atoms with E-state index in [1.54, 1.807) is 51.3 Å². The fourth-order valence-electron chi connectivity index (χ4n) is 3.12. The molecule has 0 aliphatic heterocycles. The first-order valence-corrected chi connectivity index (χ1v) is 10.4. The Hall–Kier alpha value is -3.15. The first kappa shape index (κ1) is 24.1. The highest BCUT2D eigenvalue weighted by molar-refractivity contribution is 5.98. The molecule has 6 heteroatoms. The van der Waals surface area contributed by atoms with Gasteiger partial charge in [-0.05, 0) is 62.6 Å². The Morgan fingerprint density at radius 3 is 2.19 bits per heavy atom. The van der Waals surface area contributed by atoms with Gasteiger partial charge in [0.2, 0.25) is 5.91 Å². The first-order valence-electron chi connectivity index (χ1n) is 10.4. The van der Waals surface area contributed by atoms with E-state index < -0.39 is 12.0 Å². The third-order valence-corrected chi connectivity index (χ3v) is 5.00. The molecule has 1 amide bonds. The second kappa shape index (κ2) is 11.3. The average Bonchev–Trinajstić information content (AvgIpc) is 2.73. The highest BCUT2D eigenvalue weighted by atomic mass is 16.5. The van der Waals surface area contributed by atoms with Crippen molar-refractivity contribution in [2.24, 2.45) is 0 Å². The first-order chi connectivity index (χ1) is 14.7. The second-order valence-electron chi connectivity index (χ2n) is 7.86. The predicted octanol–water partition coefficient (Wildman–Crippen LogP) is 4.47. The van der Waals surface area contributed by atoms with Gasteiger partial charge in [-0.25, -0.2) is 0 Å². The number of ketones is 1. The molecule has 6 nitrogen and oxygen atoms in total. The van der Waals surface area contributed by atoms with Gasteiger partial charge in [-0.2, -0.15) is 0 Å². The number of methoxy groups -OCH3 is 1. The summed E-state index contributed by atoms with van der Waals surface area (Å²) in [5.41, 5.74) is 3.52. The Bertz CT molecular complexity index is 918. The van der Waals surface area contributed by atoms with E-state index in [0.717, 1.165) is 16.7 Å². The van der Waals surface area contributed by atoms with E-state index in [4.69, 9.17) is 9.47 Å². The quantitative estimate of drug-likeness (QED) is 0.448. The van der Waals surface area contributed by atoms with Crippen molar-refractivity contribution in [1.82, 2.24) is 5.32 Å². The lowest BCUT2D eigenvalue weighted by Crippen LogP contribution is -2.31. The third kappa shape index (κ3) is 7.55. The molecule has 2 rings (SSSR count). The highest BCUT2D eigenvalue weighted by Crippen LogP contribution is 2.22. The maximum atomic E-state index is 12.6. The number of ether oxygens (including phenoxy) is 2. The van der Waals surface area contributed by atoms with Crippen LogP contribution in [0.15, 0.2) is 42.5 Å². The van der Waals surface area contributed by atoms with E-state index in [0.29, 0.717) is 11.3 Å². The van der Waals surface area contributed by atoms with Gasteiger partial charge in [-0.3, -0.25) is 14.4 Å². The SMILES string of the molecule is COc1ccc([C@@H](CC(=O)OC(C)C)NC(=O)CCC(=O)c2ccc(C)c(C)c2)cc1. The van der Waals surface area contributed by atoms with Crippen LogP contribution in [-0.2, 0) is 14.3 Å². The monoisotopic (exact) mass is 425 g/mol. The molecule has 0 bridgehead atoms. The molecule has 0 heterocycles. The van der Waals surface area contributed by atoms with Gasteiger partial charge in [-0.15, -0.1) is 0 Å². The van der Waals surface area contributed by atoms with Gasteiger partial charge in [0.25, 0.3) is 0 Å². The number of hydrogen-bond acceptors (Lipinski definition) is 5. The van der Waals surface area contributed by atoms with Gasteiger partial charge in [0.1, 0.15) is 5.75 Å². The number of Topliss-reactive ketones (excluding diaryl/α,β-unsaturated/α-hetero) is 1. The van der Waals surface area contributed by atoms with Gasteiger partial charge in [-0.1, -0.05) is 24.3 Å². The van der Waals surface area contributed by atoms with Crippen LogP contribution >= 0.6 is 0 Å². The van der Waals surface area contributed by atoms with Crippen LogP contribution in [0.1, 0.15) is 66.2 Å². The lowest BCUT2D eigenvalue weighted by Gasteiger charge is -2.20. The number of esters is 1. The van der Waals surface area contributed by atoms with Crippen LogP contribution in [0.2, 0.25) is 0 Å². The van der Waals surface area contributed by atoms with Crippen molar-refractivity contribution in [1.29, 1.82) is 0 Å². The maximum absolute atomic E-state index is 12.6. The molecular weight excluding hydrogens is 394 g/mol. The standard InChI is InChI=1S/C25H31NO5/c1-16(2)31-25(29)15-22(19-8-10-21(30-5)11-9-19)26-24(28)13-12-23(27)20-7-6-17(3)18(4)14-20/h6-11,14,16,22H,12-13,15H2,1-5H3,(H,26,28)/t22-/m1/s1. The number of aryl methyl sites for hydroxylation is 2. The molecule has 31 heavy (non-hydrogen) atoms. The smallest absolute Gasteiger partial charge is 0.308 e. The van der Waals surface area contributed by atoms with E-state index in [-0.39, 0.29) is 37.1 Å². The molecule has 0 aliphatic rings. The molecule has 0 fully saturated rings. The van der Waals surface area contributed by atoms with Crippen LogP contribution in [-0.4, -0.2) is 30.9 Å². The van der Waals surface area contributed by atoms with Gasteiger partial charge >= 0.3 is 5.97 Å². The van der Waals surface area contributed by atoms with Crippen molar-refractivity contribution in [2.75, 3.05) is 7.11 Å². The van der Waals surface area contributed by atoms with Gasteiger partial charge in [0.05, 0.1) is 25.7 Å². The summed E-state index contributed by atoms with van der Waals surface area (Å²) >= 11 is 0. The van der Waals surface area contributed by atoms with Crippen LogP contribution in [0.25, 0.3) is 0 Å². The van der Waals surface area contributed by atoms with Crippen molar-refractivity contribution in [3.05, 3.63) is 64.7 Å². The van der Waals surface area contributed by atoms with Crippen molar-refractivity contribution in [2.45, 2.75) is 59.1 Å². The molecule has 0 radical (unpaired) electrons. The Morgan fingerprint density at radius 2 is 1.61 bits per heavy atom. The molecule has 0 unspecified atom stereocenters. The summed E-state index contributed by atoms with van der Waals surface area (Å²) in [6.45, 7) is 7.49. The summed E-state index contributed by atoms with van der Waals surface area (Å²) in [7, 11) is 1.57. The molecule has 1 atom stereocenters. The number of amides is 1. The molecule has 0 spiro atoms. The predicted molar refractivity (Wildman–Crippen MR) is 119 cm³/mol. The maximum Gasteiger partial charge on any atom is 0.308 e. The van der Waals surface area contributed by atoms with Crippen LogP contribution < -0.4 is 10.1 Å². The molecule has 0 aliphatic carbocycles. The highest BCUT2D eigenvalue weighted by Gasteiger charge is 2.21. The molecule has 1 N–H and O–H groups in total. The normalized spacial score (nSPS) is 11.7. The Labute approximate surface area is 183 Å². The number of benzene rings is 2. The number of rotatable bonds is 10. The number of nitrogens with one attached hydrogen (secondary N) is 1.